The summed E-state index contributed by atoms with van der Waals surface area (Å²) in [6.45, 7) is 3.34. The molecular weight excluding hydrogens is 134 g/mol. The Hall–Kier alpha value is -0.820. The van der Waals surface area contributed by atoms with Crippen molar-refractivity contribution in [2.45, 2.75) is 19.4 Å². The summed E-state index contributed by atoms with van der Waals surface area (Å²) in [6.07, 6.45) is 1.18. The van der Waals surface area contributed by atoms with Gasteiger partial charge in [-0.25, -0.2) is 0 Å². The molecule has 0 unspecified atom stereocenters. The summed E-state index contributed by atoms with van der Waals surface area (Å²) >= 11 is 0. The normalized spacial score (nSPS) is 22.8. The summed E-state index contributed by atoms with van der Waals surface area (Å²) in [5.74, 6) is 0. The van der Waals surface area contributed by atoms with Gasteiger partial charge in [0, 0.05) is 6.04 Å². The predicted molar refractivity (Wildman–Crippen MR) is 46.6 cm³/mol. The molecule has 0 saturated heterocycles. The van der Waals surface area contributed by atoms with Gasteiger partial charge in [0.2, 0.25) is 0 Å². The van der Waals surface area contributed by atoms with E-state index in [0.717, 1.165) is 6.54 Å². The molecule has 58 valence electrons. The van der Waals surface area contributed by atoms with Crippen LogP contribution in [0.15, 0.2) is 24.3 Å². The molecule has 0 aromatic heterocycles. The maximum atomic E-state index is 3.44. The van der Waals surface area contributed by atoms with Crippen LogP contribution in [-0.4, -0.2) is 6.54 Å². The Balaban J connectivity index is 2.44. The topological polar surface area (TPSA) is 12.0 Å². The molecule has 0 fully saturated rings. The first-order valence-electron chi connectivity index (χ1n) is 4.19. The minimum Gasteiger partial charge on any atom is -0.310 e. The van der Waals surface area contributed by atoms with Crippen LogP contribution in [0.3, 0.4) is 0 Å². The van der Waals surface area contributed by atoms with Gasteiger partial charge in [0.1, 0.15) is 0 Å². The van der Waals surface area contributed by atoms with Gasteiger partial charge >= 0.3 is 0 Å². The third-order valence-electron chi connectivity index (χ3n) is 2.37. The zero-order chi connectivity index (χ0) is 7.68. The van der Waals surface area contributed by atoms with E-state index in [9.17, 15) is 0 Å². The van der Waals surface area contributed by atoms with Crippen molar-refractivity contribution in [1.29, 1.82) is 0 Å². The van der Waals surface area contributed by atoms with Crippen molar-refractivity contribution in [2.24, 2.45) is 0 Å². The SMILES string of the molecule is C[C@H]1NCCc2ccccc21. The molecule has 2 rings (SSSR count). The van der Waals surface area contributed by atoms with Gasteiger partial charge in [-0.3, -0.25) is 0 Å². The molecule has 1 aliphatic heterocycles. The second kappa shape index (κ2) is 2.67. The van der Waals surface area contributed by atoms with E-state index in [-0.39, 0.29) is 0 Å². The molecule has 1 aliphatic rings. The molecular formula is C10H13N. The van der Waals surface area contributed by atoms with E-state index >= 15 is 0 Å². The summed E-state index contributed by atoms with van der Waals surface area (Å²) < 4.78 is 0. The van der Waals surface area contributed by atoms with Crippen LogP contribution in [0.5, 0.6) is 0 Å². The lowest BCUT2D eigenvalue weighted by Crippen LogP contribution is -2.27. The highest BCUT2D eigenvalue weighted by atomic mass is 14.9. The summed E-state index contributed by atoms with van der Waals surface area (Å²) in [5.41, 5.74) is 2.98. The molecule has 1 heteroatoms. The average Bonchev–Trinajstić information content (AvgIpc) is 2.06. The Bertz CT molecular complexity index is 255. The van der Waals surface area contributed by atoms with Crippen LogP contribution in [0.25, 0.3) is 0 Å². The van der Waals surface area contributed by atoms with Gasteiger partial charge in [-0.2, -0.15) is 0 Å². The van der Waals surface area contributed by atoms with E-state index in [1.165, 1.54) is 17.5 Å². The van der Waals surface area contributed by atoms with Gasteiger partial charge in [-0.05, 0) is 31.0 Å². The van der Waals surface area contributed by atoms with Crippen LogP contribution in [0, 0.1) is 0 Å². The molecule has 0 saturated carbocycles. The monoisotopic (exact) mass is 147 g/mol. The highest BCUT2D eigenvalue weighted by molar-refractivity contribution is 5.31. The number of benzene rings is 1. The highest BCUT2D eigenvalue weighted by Gasteiger charge is 2.13. The lowest BCUT2D eigenvalue weighted by Gasteiger charge is -2.23. The van der Waals surface area contributed by atoms with E-state index in [2.05, 4.69) is 36.5 Å². The molecule has 0 amide bonds. The van der Waals surface area contributed by atoms with Crippen LogP contribution < -0.4 is 5.32 Å². The van der Waals surface area contributed by atoms with Crippen molar-refractivity contribution in [3.05, 3.63) is 35.4 Å². The first kappa shape index (κ1) is 6.86. The second-order valence-electron chi connectivity index (χ2n) is 3.12. The Morgan fingerprint density at radius 2 is 2.18 bits per heavy atom. The van der Waals surface area contributed by atoms with Crippen LogP contribution in [-0.2, 0) is 6.42 Å². The molecule has 0 bridgehead atoms. The molecule has 1 aromatic rings. The largest absolute Gasteiger partial charge is 0.310 e. The second-order valence-corrected chi connectivity index (χ2v) is 3.12. The van der Waals surface area contributed by atoms with Crippen LogP contribution >= 0.6 is 0 Å². The Kier molecular flexibility index (Phi) is 1.66. The van der Waals surface area contributed by atoms with E-state index in [0.29, 0.717) is 6.04 Å². The number of hydrogen-bond donors (Lipinski definition) is 1. The van der Waals surface area contributed by atoms with Crippen molar-refractivity contribution >= 4 is 0 Å². The van der Waals surface area contributed by atoms with Gasteiger partial charge in [0.05, 0.1) is 0 Å². The van der Waals surface area contributed by atoms with Gasteiger partial charge in [-0.1, -0.05) is 24.3 Å². The molecule has 0 spiro atoms. The number of rotatable bonds is 0. The Morgan fingerprint density at radius 3 is 3.00 bits per heavy atom. The van der Waals surface area contributed by atoms with E-state index in [1.54, 1.807) is 0 Å². The lowest BCUT2D eigenvalue weighted by atomic mass is 9.96. The summed E-state index contributed by atoms with van der Waals surface area (Å²) in [7, 11) is 0. The summed E-state index contributed by atoms with van der Waals surface area (Å²) in [5, 5.41) is 3.44. The minimum absolute atomic E-state index is 0.542. The first-order chi connectivity index (χ1) is 5.38. The molecule has 11 heavy (non-hydrogen) atoms. The molecule has 1 nitrogen and oxygen atoms in total. The summed E-state index contributed by atoms with van der Waals surface area (Å²) in [6, 6.07) is 9.22. The minimum atomic E-state index is 0.542. The fourth-order valence-corrected chi connectivity index (χ4v) is 1.72. The number of nitrogens with one attached hydrogen (secondary N) is 1. The van der Waals surface area contributed by atoms with E-state index < -0.39 is 0 Å². The Morgan fingerprint density at radius 1 is 1.36 bits per heavy atom. The van der Waals surface area contributed by atoms with Gasteiger partial charge in [0.15, 0.2) is 0 Å². The van der Waals surface area contributed by atoms with Crippen molar-refractivity contribution in [3.8, 4) is 0 Å². The van der Waals surface area contributed by atoms with Crippen molar-refractivity contribution in [3.63, 3.8) is 0 Å². The zero-order valence-electron chi connectivity index (χ0n) is 6.80. The molecule has 0 aliphatic carbocycles. The molecule has 1 heterocycles. The third-order valence-corrected chi connectivity index (χ3v) is 2.37. The summed E-state index contributed by atoms with van der Waals surface area (Å²) in [4.78, 5) is 0. The maximum Gasteiger partial charge on any atom is 0.0294 e. The smallest absolute Gasteiger partial charge is 0.0294 e. The fourth-order valence-electron chi connectivity index (χ4n) is 1.72. The quantitative estimate of drug-likeness (QED) is 0.591. The van der Waals surface area contributed by atoms with Gasteiger partial charge in [-0.15, -0.1) is 0 Å². The van der Waals surface area contributed by atoms with E-state index in [1.807, 2.05) is 0 Å². The van der Waals surface area contributed by atoms with Gasteiger partial charge in [0.25, 0.3) is 0 Å². The van der Waals surface area contributed by atoms with Gasteiger partial charge < -0.3 is 5.32 Å². The van der Waals surface area contributed by atoms with Crippen molar-refractivity contribution in [1.82, 2.24) is 5.32 Å². The maximum absolute atomic E-state index is 3.44. The molecule has 0 radical (unpaired) electrons. The highest BCUT2D eigenvalue weighted by Crippen LogP contribution is 2.21. The van der Waals surface area contributed by atoms with Crippen molar-refractivity contribution < 1.29 is 0 Å². The Labute approximate surface area is 67.4 Å². The molecule has 1 atom stereocenters. The van der Waals surface area contributed by atoms with E-state index in [4.69, 9.17) is 0 Å². The molecule has 1 aromatic carbocycles. The van der Waals surface area contributed by atoms with Crippen LogP contribution in [0.4, 0.5) is 0 Å². The zero-order valence-corrected chi connectivity index (χ0v) is 6.80. The number of fused-ring (bicyclic) bond motifs is 1. The predicted octanol–water partition coefficient (Wildman–Crippen LogP) is 1.89. The third kappa shape index (κ3) is 1.16. The van der Waals surface area contributed by atoms with Crippen LogP contribution in [0.1, 0.15) is 24.1 Å². The lowest BCUT2D eigenvalue weighted by molar-refractivity contribution is 0.541. The number of hydrogen-bond acceptors (Lipinski definition) is 1. The standard InChI is InChI=1S/C10H13N/c1-8-10-5-3-2-4-9(10)6-7-11-8/h2-5,8,11H,6-7H2,1H3/t8-/m1/s1. The first-order valence-corrected chi connectivity index (χ1v) is 4.19. The van der Waals surface area contributed by atoms with Crippen LogP contribution in [0.2, 0.25) is 0 Å². The fraction of sp³-hybridized carbons (Fsp3) is 0.400. The average molecular weight is 147 g/mol. The van der Waals surface area contributed by atoms with Crippen molar-refractivity contribution in [2.75, 3.05) is 6.54 Å². The molecule has 1 N–H and O–H groups in total.